The fourth-order valence-electron chi connectivity index (χ4n) is 2.44. The van der Waals surface area contributed by atoms with Crippen molar-refractivity contribution in [2.24, 2.45) is 0 Å². The first-order valence-corrected chi connectivity index (χ1v) is 8.13. The standard InChI is InChI=1S/C16H31N3O2/c1-6-16(4,5)18-14(20)12(2)17-13(3)15(21)19-10-8-7-9-11-19/h12-13,17H,6-11H2,1-5H3,(H,18,20). The van der Waals surface area contributed by atoms with Crippen LogP contribution in [0.1, 0.15) is 60.3 Å². The van der Waals surface area contributed by atoms with Crippen LogP contribution in [0.4, 0.5) is 0 Å². The number of nitrogens with one attached hydrogen (secondary N) is 2. The molecule has 2 unspecified atom stereocenters. The number of piperidine rings is 1. The molecule has 2 N–H and O–H groups in total. The molecule has 1 saturated heterocycles. The van der Waals surface area contributed by atoms with Crippen LogP contribution in [0.25, 0.3) is 0 Å². The van der Waals surface area contributed by atoms with E-state index in [2.05, 4.69) is 10.6 Å². The van der Waals surface area contributed by atoms with Crippen LogP contribution >= 0.6 is 0 Å². The molecule has 122 valence electrons. The van der Waals surface area contributed by atoms with Gasteiger partial charge in [0.2, 0.25) is 11.8 Å². The van der Waals surface area contributed by atoms with Crippen molar-refractivity contribution in [2.45, 2.75) is 77.9 Å². The predicted octanol–water partition coefficient (Wildman–Crippen LogP) is 1.67. The van der Waals surface area contributed by atoms with E-state index in [1.165, 1.54) is 6.42 Å². The maximum Gasteiger partial charge on any atom is 0.239 e. The Hall–Kier alpha value is -1.10. The van der Waals surface area contributed by atoms with Crippen molar-refractivity contribution in [2.75, 3.05) is 13.1 Å². The Balaban J connectivity index is 2.47. The van der Waals surface area contributed by atoms with Gasteiger partial charge in [0.1, 0.15) is 0 Å². The fraction of sp³-hybridized carbons (Fsp3) is 0.875. The Morgan fingerprint density at radius 1 is 1.10 bits per heavy atom. The monoisotopic (exact) mass is 297 g/mol. The molecule has 1 fully saturated rings. The lowest BCUT2D eigenvalue weighted by Gasteiger charge is -2.31. The van der Waals surface area contributed by atoms with E-state index in [-0.39, 0.29) is 29.4 Å². The van der Waals surface area contributed by atoms with E-state index >= 15 is 0 Å². The molecule has 1 rings (SSSR count). The highest BCUT2D eigenvalue weighted by molar-refractivity contribution is 5.85. The van der Waals surface area contributed by atoms with Crippen LogP contribution < -0.4 is 10.6 Å². The second kappa shape index (κ2) is 7.78. The molecule has 5 heteroatoms. The SMILES string of the molecule is CCC(C)(C)NC(=O)C(C)NC(C)C(=O)N1CCCCC1. The summed E-state index contributed by atoms with van der Waals surface area (Å²) in [6, 6.07) is -0.701. The molecular formula is C16H31N3O2. The van der Waals surface area contributed by atoms with Crippen LogP contribution in [0.3, 0.4) is 0 Å². The smallest absolute Gasteiger partial charge is 0.239 e. The summed E-state index contributed by atoms with van der Waals surface area (Å²) in [4.78, 5) is 26.4. The molecule has 0 saturated carbocycles. The predicted molar refractivity (Wildman–Crippen MR) is 85.0 cm³/mol. The Bertz CT molecular complexity index is 363. The number of nitrogens with zero attached hydrogens (tertiary/aromatic N) is 1. The third-order valence-electron chi connectivity index (χ3n) is 4.28. The highest BCUT2D eigenvalue weighted by Crippen LogP contribution is 2.11. The molecule has 2 amide bonds. The van der Waals surface area contributed by atoms with Crippen LogP contribution in [0.5, 0.6) is 0 Å². The largest absolute Gasteiger partial charge is 0.350 e. The quantitative estimate of drug-likeness (QED) is 0.784. The van der Waals surface area contributed by atoms with Gasteiger partial charge in [0.25, 0.3) is 0 Å². The maximum atomic E-state index is 12.3. The molecule has 0 aromatic carbocycles. The molecule has 0 spiro atoms. The highest BCUT2D eigenvalue weighted by Gasteiger charge is 2.27. The molecular weight excluding hydrogens is 266 g/mol. The number of amides is 2. The van der Waals surface area contributed by atoms with Crippen molar-refractivity contribution in [3.05, 3.63) is 0 Å². The first-order valence-electron chi connectivity index (χ1n) is 8.13. The van der Waals surface area contributed by atoms with Crippen molar-refractivity contribution < 1.29 is 9.59 Å². The number of hydrogen-bond acceptors (Lipinski definition) is 3. The van der Waals surface area contributed by atoms with Gasteiger partial charge in [-0.3, -0.25) is 14.9 Å². The summed E-state index contributed by atoms with van der Waals surface area (Å²) in [6.45, 7) is 11.4. The number of likely N-dealkylation sites (tertiary alicyclic amines) is 1. The van der Waals surface area contributed by atoms with E-state index in [9.17, 15) is 9.59 Å². The number of carbonyl (C=O) groups is 2. The summed E-state index contributed by atoms with van der Waals surface area (Å²) >= 11 is 0. The van der Waals surface area contributed by atoms with Gasteiger partial charge in [-0.15, -0.1) is 0 Å². The second-order valence-electron chi connectivity index (χ2n) is 6.72. The normalized spacial score (nSPS) is 19.0. The summed E-state index contributed by atoms with van der Waals surface area (Å²) in [6.07, 6.45) is 4.24. The molecule has 0 aromatic heterocycles. The minimum absolute atomic E-state index is 0.0554. The zero-order valence-corrected chi connectivity index (χ0v) is 14.2. The van der Waals surface area contributed by atoms with Gasteiger partial charge >= 0.3 is 0 Å². The van der Waals surface area contributed by atoms with Gasteiger partial charge in [0, 0.05) is 18.6 Å². The summed E-state index contributed by atoms with van der Waals surface area (Å²) in [7, 11) is 0. The van der Waals surface area contributed by atoms with Crippen LogP contribution in [-0.2, 0) is 9.59 Å². The minimum Gasteiger partial charge on any atom is -0.350 e. The van der Waals surface area contributed by atoms with Gasteiger partial charge in [-0.25, -0.2) is 0 Å². The first-order chi connectivity index (χ1) is 9.76. The molecule has 5 nitrogen and oxygen atoms in total. The molecule has 1 aliphatic rings. The van der Waals surface area contributed by atoms with Gasteiger partial charge in [0.05, 0.1) is 12.1 Å². The Morgan fingerprint density at radius 2 is 1.67 bits per heavy atom. The fourth-order valence-corrected chi connectivity index (χ4v) is 2.44. The highest BCUT2D eigenvalue weighted by atomic mass is 16.2. The summed E-state index contributed by atoms with van der Waals surface area (Å²) in [5.41, 5.74) is -0.215. The van der Waals surface area contributed by atoms with E-state index < -0.39 is 0 Å². The summed E-state index contributed by atoms with van der Waals surface area (Å²) in [5, 5.41) is 6.12. The summed E-state index contributed by atoms with van der Waals surface area (Å²) in [5.74, 6) is 0.0456. The molecule has 21 heavy (non-hydrogen) atoms. The number of carbonyl (C=O) groups excluding carboxylic acids is 2. The van der Waals surface area contributed by atoms with Gasteiger partial charge < -0.3 is 10.2 Å². The van der Waals surface area contributed by atoms with E-state index in [1.807, 2.05) is 32.6 Å². The van der Waals surface area contributed by atoms with E-state index in [0.29, 0.717) is 0 Å². The molecule has 0 aliphatic carbocycles. The molecule has 0 bridgehead atoms. The van der Waals surface area contributed by atoms with Gasteiger partial charge in [-0.1, -0.05) is 6.92 Å². The molecule has 0 radical (unpaired) electrons. The minimum atomic E-state index is -0.375. The number of hydrogen-bond donors (Lipinski definition) is 2. The van der Waals surface area contributed by atoms with Crippen LogP contribution in [-0.4, -0.2) is 47.4 Å². The summed E-state index contributed by atoms with van der Waals surface area (Å²) < 4.78 is 0. The van der Waals surface area contributed by atoms with Gasteiger partial charge in [-0.05, 0) is 53.4 Å². The topological polar surface area (TPSA) is 61.4 Å². The van der Waals surface area contributed by atoms with Gasteiger partial charge in [-0.2, -0.15) is 0 Å². The Kier molecular flexibility index (Phi) is 6.65. The average Bonchev–Trinajstić information content (AvgIpc) is 2.46. The molecule has 0 aromatic rings. The lowest BCUT2D eigenvalue weighted by Crippen LogP contribution is -2.55. The lowest BCUT2D eigenvalue weighted by molar-refractivity contribution is -0.134. The second-order valence-corrected chi connectivity index (χ2v) is 6.72. The van der Waals surface area contributed by atoms with Crippen LogP contribution in [0.15, 0.2) is 0 Å². The van der Waals surface area contributed by atoms with Crippen molar-refractivity contribution in [3.63, 3.8) is 0 Å². The van der Waals surface area contributed by atoms with Crippen molar-refractivity contribution in [1.82, 2.24) is 15.5 Å². The van der Waals surface area contributed by atoms with E-state index in [0.717, 1.165) is 32.4 Å². The molecule has 1 aliphatic heterocycles. The zero-order valence-electron chi connectivity index (χ0n) is 14.2. The third kappa shape index (κ3) is 5.65. The Labute approximate surface area is 128 Å². The van der Waals surface area contributed by atoms with Crippen molar-refractivity contribution >= 4 is 11.8 Å². The maximum absolute atomic E-state index is 12.3. The average molecular weight is 297 g/mol. The van der Waals surface area contributed by atoms with Crippen LogP contribution in [0, 0.1) is 0 Å². The van der Waals surface area contributed by atoms with Crippen molar-refractivity contribution in [1.29, 1.82) is 0 Å². The molecule has 1 heterocycles. The van der Waals surface area contributed by atoms with Crippen LogP contribution in [0.2, 0.25) is 0 Å². The zero-order chi connectivity index (χ0) is 16.0. The first kappa shape index (κ1) is 18.0. The Morgan fingerprint density at radius 3 is 2.19 bits per heavy atom. The van der Waals surface area contributed by atoms with Crippen molar-refractivity contribution in [3.8, 4) is 0 Å². The third-order valence-corrected chi connectivity index (χ3v) is 4.28. The van der Waals surface area contributed by atoms with E-state index in [4.69, 9.17) is 0 Å². The number of rotatable bonds is 6. The molecule has 2 atom stereocenters. The lowest BCUT2D eigenvalue weighted by atomic mass is 10.0. The van der Waals surface area contributed by atoms with Gasteiger partial charge in [0.15, 0.2) is 0 Å². The van der Waals surface area contributed by atoms with E-state index in [1.54, 1.807) is 6.92 Å².